The molecule has 0 N–H and O–H groups in total. The fourth-order valence-corrected chi connectivity index (χ4v) is 1.14. The number of carbonyl (C=O) groups excluding carboxylic acids is 1. The molecule has 0 aliphatic rings. The monoisotopic (exact) mass is 140 g/mol. The van der Waals surface area contributed by atoms with Crippen molar-refractivity contribution >= 4 is 5.94 Å². The number of hydrogen-bond donors (Lipinski definition) is 0. The molecule has 58 valence electrons. The molecule has 0 saturated heterocycles. The van der Waals surface area contributed by atoms with Gasteiger partial charge in [-0.2, -0.15) is 0 Å². The Morgan fingerprint density at radius 2 is 1.70 bits per heavy atom. The highest BCUT2D eigenvalue weighted by Gasteiger charge is 2.20. The van der Waals surface area contributed by atoms with Crippen LogP contribution in [0.25, 0.3) is 0 Å². The lowest BCUT2D eigenvalue weighted by Crippen LogP contribution is -2.14. The molecule has 0 aromatic rings. The van der Waals surface area contributed by atoms with Crippen LogP contribution >= 0.6 is 0 Å². The number of hydrogen-bond acceptors (Lipinski definition) is 1. The summed E-state index contributed by atoms with van der Waals surface area (Å²) in [6, 6.07) is 0. The van der Waals surface area contributed by atoms with Gasteiger partial charge in [0.2, 0.25) is 0 Å². The lowest BCUT2D eigenvalue weighted by molar-refractivity contribution is 0.446. The average molecular weight is 140 g/mol. The van der Waals surface area contributed by atoms with E-state index < -0.39 is 0 Å². The predicted octanol–water partition coefficient (Wildman–Crippen LogP) is 2.45. The summed E-state index contributed by atoms with van der Waals surface area (Å²) in [5, 5.41) is 0. The molecule has 10 heavy (non-hydrogen) atoms. The Morgan fingerprint density at radius 3 is 1.70 bits per heavy atom. The molecule has 0 heterocycles. The summed E-state index contributed by atoms with van der Waals surface area (Å²) in [6.07, 6.45) is 0. The van der Waals surface area contributed by atoms with Gasteiger partial charge in [0.05, 0.1) is 0 Å². The van der Waals surface area contributed by atoms with Crippen LogP contribution in [0.15, 0.2) is 5.57 Å². The van der Waals surface area contributed by atoms with Crippen molar-refractivity contribution in [3.8, 4) is 0 Å². The van der Waals surface area contributed by atoms with Crippen LogP contribution in [0.5, 0.6) is 0 Å². The van der Waals surface area contributed by atoms with Gasteiger partial charge >= 0.3 is 0 Å². The summed E-state index contributed by atoms with van der Waals surface area (Å²) in [4.78, 5) is 10.4. The molecule has 0 amide bonds. The Bertz CT molecular complexity index is 154. The molecule has 1 nitrogen and oxygen atoms in total. The summed E-state index contributed by atoms with van der Waals surface area (Å²) in [7, 11) is 0. The van der Waals surface area contributed by atoms with Gasteiger partial charge in [-0.15, -0.1) is 0 Å². The van der Waals surface area contributed by atoms with Crippen LogP contribution < -0.4 is 0 Å². The van der Waals surface area contributed by atoms with Crippen molar-refractivity contribution < 1.29 is 4.79 Å². The van der Waals surface area contributed by atoms with Gasteiger partial charge in [-0.05, 0) is 11.3 Å². The van der Waals surface area contributed by atoms with E-state index in [1.54, 1.807) is 0 Å². The summed E-state index contributed by atoms with van der Waals surface area (Å²) in [5.74, 6) is 2.33. The van der Waals surface area contributed by atoms with Crippen molar-refractivity contribution in [3.63, 3.8) is 0 Å². The van der Waals surface area contributed by atoms with E-state index >= 15 is 0 Å². The summed E-state index contributed by atoms with van der Waals surface area (Å²) >= 11 is 0. The van der Waals surface area contributed by atoms with Crippen molar-refractivity contribution in [3.05, 3.63) is 5.57 Å². The van der Waals surface area contributed by atoms with E-state index in [-0.39, 0.29) is 5.41 Å². The molecule has 0 unspecified atom stereocenters. The first-order chi connectivity index (χ1) is 4.39. The minimum absolute atomic E-state index is 0.0179. The lowest BCUT2D eigenvalue weighted by Gasteiger charge is -2.22. The molecule has 0 aromatic heterocycles. The molecule has 0 radical (unpaired) electrons. The second-order valence-corrected chi connectivity index (χ2v) is 3.92. The second-order valence-electron chi connectivity index (χ2n) is 3.92. The molecule has 0 saturated carbocycles. The fourth-order valence-electron chi connectivity index (χ4n) is 1.14. The first kappa shape index (κ1) is 9.45. The topological polar surface area (TPSA) is 17.1 Å². The maximum Gasteiger partial charge on any atom is 0.124 e. The molecule has 0 aromatic carbocycles. The van der Waals surface area contributed by atoms with Crippen molar-refractivity contribution in [2.45, 2.75) is 34.6 Å². The van der Waals surface area contributed by atoms with Gasteiger partial charge in [0.25, 0.3) is 0 Å². The van der Waals surface area contributed by atoms with Gasteiger partial charge in [-0.1, -0.05) is 34.6 Å². The highest BCUT2D eigenvalue weighted by atomic mass is 16.1. The van der Waals surface area contributed by atoms with Gasteiger partial charge in [0, 0.05) is 5.57 Å². The van der Waals surface area contributed by atoms with Crippen molar-refractivity contribution in [1.82, 2.24) is 0 Å². The third kappa shape index (κ3) is 2.36. The quantitative estimate of drug-likeness (QED) is 0.511. The van der Waals surface area contributed by atoms with Gasteiger partial charge in [-0.3, -0.25) is 0 Å². The smallest absolute Gasteiger partial charge is 0.124 e. The highest BCUT2D eigenvalue weighted by molar-refractivity contribution is 5.55. The Balaban J connectivity index is 4.57. The molecule has 1 heteroatoms. The van der Waals surface area contributed by atoms with E-state index in [2.05, 4.69) is 0 Å². The molecule has 0 fully saturated rings. The maximum absolute atomic E-state index is 10.4. The van der Waals surface area contributed by atoms with Crippen molar-refractivity contribution in [1.29, 1.82) is 0 Å². The van der Waals surface area contributed by atoms with Crippen LogP contribution in [0.3, 0.4) is 0 Å². The standard InChI is InChI=1S/C9H16O/c1-7(2)8(6-10)9(3,4)5/h7H,1-5H3. The molecular weight excluding hydrogens is 124 g/mol. The van der Waals surface area contributed by atoms with Gasteiger partial charge < -0.3 is 0 Å². The van der Waals surface area contributed by atoms with E-state index in [0.717, 1.165) is 5.57 Å². The van der Waals surface area contributed by atoms with Crippen LogP contribution in [0.4, 0.5) is 0 Å². The van der Waals surface area contributed by atoms with Gasteiger partial charge in [0.1, 0.15) is 5.94 Å². The van der Waals surface area contributed by atoms with Crippen LogP contribution in [0.1, 0.15) is 34.6 Å². The van der Waals surface area contributed by atoms with E-state index in [1.165, 1.54) is 0 Å². The molecule has 0 aliphatic carbocycles. The summed E-state index contributed by atoms with van der Waals surface area (Å²) in [5.41, 5.74) is 0.850. The van der Waals surface area contributed by atoms with Crippen LogP contribution in [0, 0.1) is 11.3 Å². The molecule has 0 atom stereocenters. The number of rotatable bonds is 1. The zero-order valence-electron chi connectivity index (χ0n) is 7.49. The highest BCUT2D eigenvalue weighted by Crippen LogP contribution is 2.28. The Labute approximate surface area is 63.1 Å². The Kier molecular flexibility index (Phi) is 2.86. The zero-order chi connectivity index (χ0) is 8.36. The normalized spacial score (nSPS) is 11.4. The lowest BCUT2D eigenvalue weighted by atomic mass is 9.81. The second kappa shape index (κ2) is 3.03. The van der Waals surface area contributed by atoms with Crippen molar-refractivity contribution in [2.75, 3.05) is 0 Å². The van der Waals surface area contributed by atoms with Crippen molar-refractivity contribution in [2.24, 2.45) is 11.3 Å². The molecule has 0 bridgehead atoms. The fraction of sp³-hybridized carbons (Fsp3) is 0.778. The minimum atomic E-state index is -0.0179. The largest absolute Gasteiger partial charge is 0.234 e. The maximum atomic E-state index is 10.4. The van der Waals surface area contributed by atoms with E-state index in [9.17, 15) is 4.79 Å². The summed E-state index contributed by atoms with van der Waals surface area (Å²) < 4.78 is 0. The minimum Gasteiger partial charge on any atom is -0.234 e. The Morgan fingerprint density at radius 1 is 1.30 bits per heavy atom. The molecular formula is C9H16O. The van der Waals surface area contributed by atoms with Crippen LogP contribution in [-0.2, 0) is 4.79 Å². The number of allylic oxidation sites excluding steroid dienone is 1. The average Bonchev–Trinajstić information content (AvgIpc) is 1.60. The van der Waals surface area contributed by atoms with E-state index in [0.29, 0.717) is 5.92 Å². The third-order valence-electron chi connectivity index (χ3n) is 1.50. The van der Waals surface area contributed by atoms with Gasteiger partial charge in [0.15, 0.2) is 0 Å². The first-order valence-corrected chi connectivity index (χ1v) is 3.65. The van der Waals surface area contributed by atoms with E-state index in [1.807, 2.05) is 40.6 Å². The van der Waals surface area contributed by atoms with E-state index in [4.69, 9.17) is 0 Å². The third-order valence-corrected chi connectivity index (χ3v) is 1.50. The first-order valence-electron chi connectivity index (χ1n) is 3.65. The molecule has 0 rings (SSSR count). The molecule has 0 aliphatic heterocycles. The van der Waals surface area contributed by atoms with Gasteiger partial charge in [-0.25, -0.2) is 4.79 Å². The predicted molar refractivity (Wildman–Crippen MR) is 43.5 cm³/mol. The summed E-state index contributed by atoms with van der Waals surface area (Å²) in [6.45, 7) is 10.1. The van der Waals surface area contributed by atoms with Crippen LogP contribution in [-0.4, -0.2) is 5.94 Å². The zero-order valence-corrected chi connectivity index (χ0v) is 7.49. The SMILES string of the molecule is CC(C)C(=C=O)C(C)(C)C. The molecule has 0 spiro atoms. The van der Waals surface area contributed by atoms with Crippen LogP contribution in [0.2, 0.25) is 0 Å². The Hall–Kier alpha value is -0.550.